The third kappa shape index (κ3) is 6.18. The van der Waals surface area contributed by atoms with Crippen molar-refractivity contribution >= 4 is 18.3 Å². The first kappa shape index (κ1) is 18.2. The van der Waals surface area contributed by atoms with E-state index in [-0.39, 0.29) is 31.5 Å². The van der Waals surface area contributed by atoms with Crippen molar-refractivity contribution in [2.45, 2.75) is 63.5 Å². The number of hydrogen-bond donors (Lipinski definition) is 1. The van der Waals surface area contributed by atoms with Gasteiger partial charge in [-0.25, -0.2) is 4.79 Å². The Morgan fingerprint density at radius 2 is 2.08 bits per heavy atom. The molecule has 1 saturated carbocycles. The number of carbonyl (C=O) groups is 3. The fraction of sp³-hybridized carbons (Fsp3) is 0.611. The summed E-state index contributed by atoms with van der Waals surface area (Å²) >= 11 is 0. The molecule has 1 N–H and O–H groups in total. The predicted molar refractivity (Wildman–Crippen MR) is 88.0 cm³/mol. The second-order valence-electron chi connectivity index (χ2n) is 6.14. The molecule has 24 heavy (non-hydrogen) atoms. The lowest BCUT2D eigenvalue weighted by molar-refractivity contribution is -0.152. The monoisotopic (exact) mass is 335 g/mol. The summed E-state index contributed by atoms with van der Waals surface area (Å²) in [4.78, 5) is 34.6. The minimum atomic E-state index is -0.801. The molecule has 0 aromatic rings. The van der Waals surface area contributed by atoms with E-state index in [0.29, 0.717) is 6.41 Å². The Balaban J connectivity index is 1.71. The second-order valence-corrected chi connectivity index (χ2v) is 6.14. The van der Waals surface area contributed by atoms with Crippen LogP contribution in [0.3, 0.4) is 0 Å². The second kappa shape index (κ2) is 9.90. The molecule has 1 fully saturated rings. The lowest BCUT2D eigenvalue weighted by atomic mass is 10.1. The van der Waals surface area contributed by atoms with E-state index in [1.165, 1.54) is 0 Å². The minimum absolute atomic E-state index is 0.0578. The van der Waals surface area contributed by atoms with E-state index in [0.717, 1.165) is 44.1 Å². The van der Waals surface area contributed by atoms with Crippen molar-refractivity contribution < 1.29 is 23.9 Å². The SMILES string of the molecule is O=CNC(CCC(=O)OCC1=CCCC=C1)C(=O)OC1CCCC1. The van der Waals surface area contributed by atoms with E-state index < -0.39 is 12.0 Å². The standard InChI is InChI=1S/C18H25NO5/c20-13-19-16(18(22)24-15-8-4-5-9-15)10-11-17(21)23-12-14-6-2-1-3-7-14/h2,6-7,13,15-16H,1,3-5,8-12H2,(H,19,20). The van der Waals surface area contributed by atoms with Crippen molar-refractivity contribution in [1.29, 1.82) is 0 Å². The smallest absolute Gasteiger partial charge is 0.328 e. The van der Waals surface area contributed by atoms with Gasteiger partial charge in [-0.1, -0.05) is 18.2 Å². The Kier molecular flexibility index (Phi) is 7.52. The van der Waals surface area contributed by atoms with Gasteiger partial charge >= 0.3 is 11.9 Å². The molecule has 1 atom stereocenters. The van der Waals surface area contributed by atoms with Crippen LogP contribution in [0.4, 0.5) is 0 Å². The molecule has 0 aromatic carbocycles. The Labute approximate surface area is 142 Å². The third-order valence-corrected chi connectivity index (χ3v) is 4.25. The maximum Gasteiger partial charge on any atom is 0.328 e. The van der Waals surface area contributed by atoms with E-state index in [9.17, 15) is 14.4 Å². The first-order chi connectivity index (χ1) is 11.7. The number of amides is 1. The molecule has 0 radical (unpaired) electrons. The zero-order valence-electron chi connectivity index (χ0n) is 13.9. The molecule has 6 heteroatoms. The van der Waals surface area contributed by atoms with Gasteiger partial charge in [0.25, 0.3) is 0 Å². The van der Waals surface area contributed by atoms with Crippen molar-refractivity contribution in [1.82, 2.24) is 5.32 Å². The van der Waals surface area contributed by atoms with Crippen molar-refractivity contribution in [2.75, 3.05) is 6.61 Å². The third-order valence-electron chi connectivity index (χ3n) is 4.25. The molecule has 2 aliphatic carbocycles. The van der Waals surface area contributed by atoms with Crippen molar-refractivity contribution in [3.63, 3.8) is 0 Å². The fourth-order valence-electron chi connectivity index (χ4n) is 2.88. The van der Waals surface area contributed by atoms with Gasteiger partial charge in [-0.15, -0.1) is 0 Å². The molecule has 2 aliphatic rings. The van der Waals surface area contributed by atoms with Gasteiger partial charge in [0.15, 0.2) is 0 Å². The van der Waals surface area contributed by atoms with Crippen LogP contribution in [0.15, 0.2) is 23.8 Å². The van der Waals surface area contributed by atoms with Crippen LogP contribution in [0, 0.1) is 0 Å². The largest absolute Gasteiger partial charge is 0.461 e. The number of esters is 2. The number of rotatable bonds is 9. The maximum absolute atomic E-state index is 12.1. The lowest BCUT2D eigenvalue weighted by Crippen LogP contribution is -2.39. The summed E-state index contributed by atoms with van der Waals surface area (Å²) in [6.07, 6.45) is 12.5. The van der Waals surface area contributed by atoms with E-state index in [2.05, 4.69) is 5.32 Å². The van der Waals surface area contributed by atoms with Crippen LogP contribution in [-0.2, 0) is 23.9 Å². The number of hydrogen-bond acceptors (Lipinski definition) is 5. The van der Waals surface area contributed by atoms with Gasteiger partial charge in [-0.2, -0.15) is 0 Å². The summed E-state index contributed by atoms with van der Waals surface area (Å²) in [5.41, 5.74) is 0.984. The first-order valence-corrected chi connectivity index (χ1v) is 8.60. The van der Waals surface area contributed by atoms with Crippen LogP contribution in [0.1, 0.15) is 51.4 Å². The maximum atomic E-state index is 12.1. The molecule has 0 heterocycles. The number of carbonyl (C=O) groups excluding carboxylic acids is 3. The normalized spacial score (nSPS) is 18.6. The highest BCUT2D eigenvalue weighted by Crippen LogP contribution is 2.21. The Morgan fingerprint density at radius 1 is 1.29 bits per heavy atom. The predicted octanol–water partition coefficient (Wildman–Crippen LogP) is 2.19. The summed E-state index contributed by atoms with van der Waals surface area (Å²) < 4.78 is 10.6. The Bertz CT molecular complexity index is 506. The topological polar surface area (TPSA) is 81.7 Å². The van der Waals surface area contributed by atoms with E-state index in [4.69, 9.17) is 9.47 Å². The molecule has 0 saturated heterocycles. The average molecular weight is 335 g/mol. The lowest BCUT2D eigenvalue weighted by Gasteiger charge is -2.18. The Hall–Kier alpha value is -2.11. The summed E-state index contributed by atoms with van der Waals surface area (Å²) in [6, 6.07) is -0.801. The zero-order chi connectivity index (χ0) is 17.2. The molecule has 132 valence electrons. The molecule has 1 amide bonds. The average Bonchev–Trinajstić information content (AvgIpc) is 3.10. The first-order valence-electron chi connectivity index (χ1n) is 8.60. The highest BCUT2D eigenvalue weighted by Gasteiger charge is 2.26. The van der Waals surface area contributed by atoms with Gasteiger partial charge in [0, 0.05) is 6.42 Å². The van der Waals surface area contributed by atoms with E-state index in [1.807, 2.05) is 18.2 Å². The number of ether oxygens (including phenoxy) is 2. The van der Waals surface area contributed by atoms with Crippen molar-refractivity contribution in [3.05, 3.63) is 23.8 Å². The van der Waals surface area contributed by atoms with Gasteiger partial charge in [0.05, 0.1) is 0 Å². The van der Waals surface area contributed by atoms with Crippen LogP contribution in [0.5, 0.6) is 0 Å². The summed E-state index contributed by atoms with van der Waals surface area (Å²) in [6.45, 7) is 0.244. The molecular formula is C18H25NO5. The number of allylic oxidation sites excluding steroid dienone is 2. The van der Waals surface area contributed by atoms with Crippen LogP contribution in [0.2, 0.25) is 0 Å². The van der Waals surface area contributed by atoms with Gasteiger partial charge in [-0.05, 0) is 50.5 Å². The zero-order valence-corrected chi connectivity index (χ0v) is 13.9. The Morgan fingerprint density at radius 3 is 2.75 bits per heavy atom. The molecule has 0 bridgehead atoms. The van der Waals surface area contributed by atoms with E-state index in [1.54, 1.807) is 0 Å². The van der Waals surface area contributed by atoms with Crippen molar-refractivity contribution in [3.8, 4) is 0 Å². The summed E-state index contributed by atoms with van der Waals surface area (Å²) in [5, 5.41) is 2.43. The van der Waals surface area contributed by atoms with Crippen LogP contribution in [-0.4, -0.2) is 37.1 Å². The van der Waals surface area contributed by atoms with Gasteiger partial charge in [0.2, 0.25) is 6.41 Å². The minimum Gasteiger partial charge on any atom is -0.461 e. The van der Waals surface area contributed by atoms with Crippen molar-refractivity contribution in [2.24, 2.45) is 0 Å². The molecule has 2 rings (SSSR count). The molecule has 0 aromatic heterocycles. The highest BCUT2D eigenvalue weighted by atomic mass is 16.5. The molecule has 0 spiro atoms. The fourth-order valence-corrected chi connectivity index (χ4v) is 2.88. The van der Waals surface area contributed by atoms with Gasteiger partial charge in [0.1, 0.15) is 18.8 Å². The van der Waals surface area contributed by atoms with Gasteiger partial charge in [-0.3, -0.25) is 9.59 Å². The van der Waals surface area contributed by atoms with Crippen LogP contribution >= 0.6 is 0 Å². The number of nitrogens with one attached hydrogen (secondary N) is 1. The van der Waals surface area contributed by atoms with Gasteiger partial charge < -0.3 is 14.8 Å². The molecular weight excluding hydrogens is 310 g/mol. The molecule has 6 nitrogen and oxygen atoms in total. The summed E-state index contributed by atoms with van der Waals surface area (Å²) in [7, 11) is 0. The summed E-state index contributed by atoms with van der Waals surface area (Å²) in [5.74, 6) is -0.860. The van der Waals surface area contributed by atoms with Crippen LogP contribution in [0.25, 0.3) is 0 Å². The highest BCUT2D eigenvalue weighted by molar-refractivity contribution is 5.79. The molecule has 1 unspecified atom stereocenters. The van der Waals surface area contributed by atoms with Crippen LogP contribution < -0.4 is 5.32 Å². The van der Waals surface area contributed by atoms with E-state index >= 15 is 0 Å². The quantitative estimate of drug-likeness (QED) is 0.516. The molecule has 0 aliphatic heterocycles.